The van der Waals surface area contributed by atoms with Gasteiger partial charge in [-0.05, 0) is 18.4 Å². The first-order valence-corrected chi connectivity index (χ1v) is 6.92. The Labute approximate surface area is 118 Å². The van der Waals surface area contributed by atoms with Gasteiger partial charge in [0.15, 0.2) is 0 Å². The molecule has 2 aliphatic heterocycles. The van der Waals surface area contributed by atoms with Crippen LogP contribution in [-0.2, 0) is 4.79 Å². The van der Waals surface area contributed by atoms with Gasteiger partial charge in [-0.1, -0.05) is 18.7 Å². The molecule has 2 fully saturated rings. The first-order valence-electron chi connectivity index (χ1n) is 5.94. The summed E-state index contributed by atoms with van der Waals surface area (Å²) in [6.07, 6.45) is 0.956. The SMILES string of the molecule is CC1(CN)CCN(C(=O)CN2CCSC2=O)C1.Cl. The first-order chi connectivity index (χ1) is 8.04. The van der Waals surface area contributed by atoms with Gasteiger partial charge in [0.1, 0.15) is 6.54 Å². The number of amides is 2. The molecule has 2 aliphatic rings. The van der Waals surface area contributed by atoms with Crippen molar-refractivity contribution in [2.45, 2.75) is 13.3 Å². The Morgan fingerprint density at radius 3 is 2.72 bits per heavy atom. The number of nitrogens with zero attached hydrogens (tertiary/aromatic N) is 2. The summed E-state index contributed by atoms with van der Waals surface area (Å²) in [5, 5.41) is 0.0270. The van der Waals surface area contributed by atoms with Gasteiger partial charge in [0, 0.05) is 25.4 Å². The topological polar surface area (TPSA) is 66.6 Å². The maximum absolute atomic E-state index is 12.0. The van der Waals surface area contributed by atoms with Gasteiger partial charge in [-0.15, -0.1) is 12.4 Å². The monoisotopic (exact) mass is 293 g/mol. The molecule has 0 aromatic heterocycles. The summed E-state index contributed by atoms with van der Waals surface area (Å²) < 4.78 is 0. The van der Waals surface area contributed by atoms with Gasteiger partial charge < -0.3 is 15.5 Å². The van der Waals surface area contributed by atoms with Crippen molar-refractivity contribution >= 4 is 35.3 Å². The van der Waals surface area contributed by atoms with Gasteiger partial charge in [0.25, 0.3) is 5.24 Å². The molecule has 18 heavy (non-hydrogen) atoms. The zero-order valence-corrected chi connectivity index (χ0v) is 12.2. The molecule has 2 rings (SSSR count). The summed E-state index contributed by atoms with van der Waals surface area (Å²) in [5.41, 5.74) is 5.77. The van der Waals surface area contributed by atoms with Crippen LogP contribution in [0.2, 0.25) is 0 Å². The number of thioether (sulfide) groups is 1. The lowest BCUT2D eigenvalue weighted by atomic mass is 9.90. The standard InChI is InChI=1S/C11H19N3O2S.ClH/c1-11(7-12)2-3-14(8-11)9(15)6-13-4-5-17-10(13)16;/h2-8,12H2,1H3;1H. The molecule has 2 N–H and O–H groups in total. The highest BCUT2D eigenvalue weighted by atomic mass is 35.5. The number of carbonyl (C=O) groups is 2. The summed E-state index contributed by atoms with van der Waals surface area (Å²) in [5.74, 6) is 0.852. The van der Waals surface area contributed by atoms with E-state index in [1.807, 2.05) is 4.90 Å². The fraction of sp³-hybridized carbons (Fsp3) is 0.818. The lowest BCUT2D eigenvalue weighted by molar-refractivity contribution is -0.130. The van der Waals surface area contributed by atoms with Crippen LogP contribution in [0.4, 0.5) is 4.79 Å². The lowest BCUT2D eigenvalue weighted by Crippen LogP contribution is -2.41. The summed E-state index contributed by atoms with van der Waals surface area (Å²) in [4.78, 5) is 26.9. The molecule has 2 heterocycles. The first kappa shape index (κ1) is 15.6. The number of likely N-dealkylation sites (tertiary alicyclic amines) is 1. The van der Waals surface area contributed by atoms with Crippen LogP contribution in [0.15, 0.2) is 0 Å². The molecule has 1 atom stereocenters. The van der Waals surface area contributed by atoms with E-state index in [0.717, 1.165) is 25.3 Å². The van der Waals surface area contributed by atoms with E-state index in [1.54, 1.807) is 4.90 Å². The second kappa shape index (κ2) is 6.12. The van der Waals surface area contributed by atoms with Crippen molar-refractivity contribution in [1.29, 1.82) is 0 Å². The fourth-order valence-electron chi connectivity index (χ4n) is 2.24. The summed E-state index contributed by atoms with van der Waals surface area (Å²) in [6, 6.07) is 0. The molecule has 104 valence electrons. The normalized spacial score (nSPS) is 27.6. The highest BCUT2D eigenvalue weighted by molar-refractivity contribution is 8.13. The molecule has 0 saturated carbocycles. The average molecular weight is 294 g/mol. The van der Waals surface area contributed by atoms with Crippen LogP contribution in [0.3, 0.4) is 0 Å². The molecule has 5 nitrogen and oxygen atoms in total. The van der Waals surface area contributed by atoms with E-state index in [4.69, 9.17) is 5.73 Å². The fourth-order valence-corrected chi connectivity index (χ4v) is 3.06. The molecule has 0 radical (unpaired) electrons. The van der Waals surface area contributed by atoms with Gasteiger partial charge in [0.05, 0.1) is 0 Å². The number of hydrogen-bond donors (Lipinski definition) is 1. The van der Waals surface area contributed by atoms with Gasteiger partial charge in [0.2, 0.25) is 5.91 Å². The van der Waals surface area contributed by atoms with Crippen LogP contribution < -0.4 is 5.73 Å². The Hall–Kier alpha value is -0.460. The van der Waals surface area contributed by atoms with E-state index in [2.05, 4.69) is 6.92 Å². The van der Waals surface area contributed by atoms with Crippen molar-refractivity contribution < 1.29 is 9.59 Å². The third-order valence-corrected chi connectivity index (χ3v) is 4.47. The summed E-state index contributed by atoms with van der Waals surface area (Å²) in [7, 11) is 0. The second-order valence-corrected chi connectivity index (χ2v) is 6.16. The van der Waals surface area contributed by atoms with Crippen LogP contribution >= 0.6 is 24.2 Å². The van der Waals surface area contributed by atoms with Crippen LogP contribution in [0.25, 0.3) is 0 Å². The minimum atomic E-state index is 0. The molecule has 0 spiro atoms. The number of carbonyl (C=O) groups excluding carboxylic acids is 2. The molecule has 2 amide bonds. The van der Waals surface area contributed by atoms with E-state index in [9.17, 15) is 9.59 Å². The highest BCUT2D eigenvalue weighted by Crippen LogP contribution is 2.28. The van der Waals surface area contributed by atoms with Crippen molar-refractivity contribution in [2.24, 2.45) is 11.1 Å². The predicted molar refractivity (Wildman–Crippen MR) is 75.0 cm³/mol. The Morgan fingerprint density at radius 1 is 1.50 bits per heavy atom. The predicted octanol–water partition coefficient (Wildman–Crippen LogP) is 0.774. The molecular weight excluding hydrogens is 274 g/mol. The van der Waals surface area contributed by atoms with E-state index in [1.165, 1.54) is 11.8 Å². The van der Waals surface area contributed by atoms with Gasteiger partial charge in [-0.25, -0.2) is 0 Å². The van der Waals surface area contributed by atoms with Crippen molar-refractivity contribution in [2.75, 3.05) is 38.5 Å². The van der Waals surface area contributed by atoms with E-state index < -0.39 is 0 Å². The highest BCUT2D eigenvalue weighted by Gasteiger charge is 2.36. The minimum Gasteiger partial charge on any atom is -0.341 e. The van der Waals surface area contributed by atoms with Gasteiger partial charge in [-0.3, -0.25) is 9.59 Å². The second-order valence-electron chi connectivity index (χ2n) is 5.12. The molecule has 0 aromatic rings. The molecule has 0 aromatic carbocycles. The third kappa shape index (κ3) is 3.30. The molecule has 1 unspecified atom stereocenters. The van der Waals surface area contributed by atoms with Crippen molar-refractivity contribution in [1.82, 2.24) is 9.80 Å². The lowest BCUT2D eigenvalue weighted by Gasteiger charge is -2.24. The van der Waals surface area contributed by atoms with E-state index in [-0.39, 0.29) is 35.5 Å². The van der Waals surface area contributed by atoms with E-state index in [0.29, 0.717) is 13.1 Å². The average Bonchev–Trinajstić information content (AvgIpc) is 2.87. The zero-order valence-electron chi connectivity index (χ0n) is 10.6. The van der Waals surface area contributed by atoms with E-state index >= 15 is 0 Å². The summed E-state index contributed by atoms with van der Waals surface area (Å²) in [6.45, 7) is 5.12. The van der Waals surface area contributed by atoms with Crippen LogP contribution in [0.1, 0.15) is 13.3 Å². The maximum atomic E-state index is 12.0. The third-order valence-electron chi connectivity index (χ3n) is 3.57. The number of nitrogens with two attached hydrogens (primary N) is 1. The van der Waals surface area contributed by atoms with Crippen LogP contribution in [-0.4, -0.2) is 59.4 Å². The zero-order chi connectivity index (χ0) is 12.5. The van der Waals surface area contributed by atoms with Crippen molar-refractivity contribution in [3.05, 3.63) is 0 Å². The Morgan fingerprint density at radius 2 is 2.22 bits per heavy atom. The van der Waals surface area contributed by atoms with Gasteiger partial charge >= 0.3 is 0 Å². The Balaban J connectivity index is 0.00000162. The van der Waals surface area contributed by atoms with Crippen LogP contribution in [0, 0.1) is 5.41 Å². The quantitative estimate of drug-likeness (QED) is 0.835. The molecule has 7 heteroatoms. The Kier molecular flexibility index (Phi) is 5.31. The van der Waals surface area contributed by atoms with Gasteiger partial charge in [-0.2, -0.15) is 0 Å². The van der Waals surface area contributed by atoms with Crippen LogP contribution in [0.5, 0.6) is 0 Å². The molecular formula is C11H20ClN3O2S. The van der Waals surface area contributed by atoms with Crippen molar-refractivity contribution in [3.8, 4) is 0 Å². The number of hydrogen-bond acceptors (Lipinski definition) is 4. The molecule has 0 bridgehead atoms. The Bertz CT molecular complexity index is 342. The number of halogens is 1. The smallest absolute Gasteiger partial charge is 0.282 e. The largest absolute Gasteiger partial charge is 0.341 e. The maximum Gasteiger partial charge on any atom is 0.282 e. The molecule has 2 saturated heterocycles. The number of rotatable bonds is 3. The van der Waals surface area contributed by atoms with Crippen molar-refractivity contribution in [3.63, 3.8) is 0 Å². The molecule has 0 aliphatic carbocycles. The minimum absolute atomic E-state index is 0. The summed E-state index contributed by atoms with van der Waals surface area (Å²) >= 11 is 1.29.